The van der Waals surface area contributed by atoms with Crippen LogP contribution in [0.2, 0.25) is 10.0 Å². The monoisotopic (exact) mass is 484 g/mol. The van der Waals surface area contributed by atoms with E-state index in [2.05, 4.69) is 10.6 Å². The van der Waals surface area contributed by atoms with E-state index in [1.807, 2.05) is 0 Å². The molecule has 0 aliphatic carbocycles. The fourth-order valence-corrected chi connectivity index (χ4v) is 5.71. The molecule has 0 radical (unpaired) electrons. The smallest absolute Gasteiger partial charge is 0.317 e. The van der Waals surface area contributed by atoms with Crippen molar-refractivity contribution in [3.05, 3.63) is 63.6 Å². The Labute approximate surface area is 191 Å². The Kier molecular flexibility index (Phi) is 7.42. The normalized spacial score (nSPS) is 14.9. The van der Waals surface area contributed by atoms with Crippen molar-refractivity contribution in [2.45, 2.75) is 11.4 Å². The third-order valence-corrected chi connectivity index (χ3v) is 7.78. The fourth-order valence-electron chi connectivity index (χ4n) is 3.20. The quantitative estimate of drug-likeness (QED) is 0.680. The number of piperazine rings is 1. The lowest BCUT2D eigenvalue weighted by Crippen LogP contribution is -2.53. The van der Waals surface area contributed by atoms with E-state index in [-0.39, 0.29) is 53.1 Å². The highest BCUT2D eigenvalue weighted by molar-refractivity contribution is 7.89. The average Bonchev–Trinajstić information content (AvgIpc) is 2.77. The molecule has 0 spiro atoms. The van der Waals surface area contributed by atoms with Crippen molar-refractivity contribution in [1.82, 2.24) is 19.8 Å². The summed E-state index contributed by atoms with van der Waals surface area (Å²) in [6, 6.07) is 11.1. The second-order valence-corrected chi connectivity index (χ2v) is 9.57. The van der Waals surface area contributed by atoms with Crippen molar-refractivity contribution >= 4 is 45.2 Å². The number of urea groups is 1. The third kappa shape index (κ3) is 5.30. The van der Waals surface area contributed by atoms with Crippen molar-refractivity contribution in [3.8, 4) is 0 Å². The van der Waals surface area contributed by atoms with Gasteiger partial charge in [-0.15, -0.1) is 0 Å². The van der Waals surface area contributed by atoms with Gasteiger partial charge in [0, 0.05) is 45.3 Å². The summed E-state index contributed by atoms with van der Waals surface area (Å²) < 4.78 is 27.1. The molecule has 1 aliphatic heterocycles. The summed E-state index contributed by atoms with van der Waals surface area (Å²) in [5, 5.41) is 5.49. The summed E-state index contributed by atoms with van der Waals surface area (Å²) in [5.74, 6) is -0.179. The highest BCUT2D eigenvalue weighted by Crippen LogP contribution is 2.31. The van der Waals surface area contributed by atoms with Crippen LogP contribution in [0.15, 0.2) is 47.4 Å². The molecule has 2 aromatic carbocycles. The Bertz CT molecular complexity index is 1050. The summed E-state index contributed by atoms with van der Waals surface area (Å²) >= 11 is 12.1. The van der Waals surface area contributed by atoms with Gasteiger partial charge in [0.2, 0.25) is 10.0 Å². The van der Waals surface area contributed by atoms with Crippen molar-refractivity contribution in [3.63, 3.8) is 0 Å². The lowest BCUT2D eigenvalue weighted by atomic mass is 10.1. The van der Waals surface area contributed by atoms with Crippen LogP contribution in [0.25, 0.3) is 0 Å². The van der Waals surface area contributed by atoms with E-state index in [0.717, 1.165) is 5.56 Å². The first-order valence-corrected chi connectivity index (χ1v) is 11.7. The molecule has 0 bridgehead atoms. The molecule has 0 saturated carbocycles. The van der Waals surface area contributed by atoms with Gasteiger partial charge in [-0.1, -0.05) is 41.4 Å². The van der Waals surface area contributed by atoms with E-state index < -0.39 is 10.0 Å². The van der Waals surface area contributed by atoms with Gasteiger partial charge in [0.05, 0.1) is 10.0 Å². The fraction of sp³-hybridized carbons (Fsp3) is 0.300. The molecule has 2 N–H and O–H groups in total. The van der Waals surface area contributed by atoms with Crippen LogP contribution in [0.4, 0.5) is 4.79 Å². The van der Waals surface area contributed by atoms with E-state index >= 15 is 0 Å². The van der Waals surface area contributed by atoms with Gasteiger partial charge in [-0.3, -0.25) is 4.79 Å². The molecule has 0 unspecified atom stereocenters. The zero-order valence-corrected chi connectivity index (χ0v) is 19.1. The van der Waals surface area contributed by atoms with Crippen molar-refractivity contribution in [2.75, 3.05) is 33.2 Å². The minimum absolute atomic E-state index is 0.0649. The average molecular weight is 485 g/mol. The molecule has 8 nitrogen and oxygen atoms in total. The second kappa shape index (κ2) is 9.86. The molecule has 1 aliphatic rings. The number of halogens is 2. The number of benzene rings is 2. The summed E-state index contributed by atoms with van der Waals surface area (Å²) in [6.07, 6.45) is 0. The molecule has 0 atom stereocenters. The Morgan fingerprint density at radius 1 is 0.968 bits per heavy atom. The number of hydrogen-bond acceptors (Lipinski definition) is 4. The molecule has 31 heavy (non-hydrogen) atoms. The topological polar surface area (TPSA) is 98.8 Å². The zero-order valence-electron chi connectivity index (χ0n) is 16.8. The molecule has 2 aromatic rings. The van der Waals surface area contributed by atoms with Gasteiger partial charge < -0.3 is 15.5 Å². The number of rotatable bonds is 5. The summed E-state index contributed by atoms with van der Waals surface area (Å²) in [5.41, 5.74) is 1.38. The summed E-state index contributed by atoms with van der Waals surface area (Å²) in [4.78, 5) is 25.5. The molecule has 1 heterocycles. The molecule has 3 amide bonds. The van der Waals surface area contributed by atoms with Crippen LogP contribution < -0.4 is 10.6 Å². The van der Waals surface area contributed by atoms with Crippen LogP contribution in [0.1, 0.15) is 15.9 Å². The Morgan fingerprint density at radius 2 is 1.55 bits per heavy atom. The predicted octanol–water partition coefficient (Wildman–Crippen LogP) is 2.57. The molecule has 11 heteroatoms. The maximum absolute atomic E-state index is 12.9. The Morgan fingerprint density at radius 3 is 2.10 bits per heavy atom. The number of carbonyl (C=O) groups is 2. The van der Waals surface area contributed by atoms with Crippen LogP contribution >= 0.6 is 23.2 Å². The van der Waals surface area contributed by atoms with Gasteiger partial charge in [0.15, 0.2) is 0 Å². The van der Waals surface area contributed by atoms with E-state index in [1.165, 1.54) is 16.4 Å². The van der Waals surface area contributed by atoms with E-state index in [1.54, 1.807) is 42.3 Å². The van der Waals surface area contributed by atoms with E-state index in [4.69, 9.17) is 23.2 Å². The standard InChI is InChI=1S/C20H22Cl2N4O4S/c1-23-19(27)15-7-5-14(6-8-15)13-24-20(28)25-9-11-26(12-10-25)31(29,30)18-16(21)3-2-4-17(18)22/h2-8H,9-13H2,1H3,(H,23,27)(H,24,28). The van der Waals surface area contributed by atoms with E-state index in [0.29, 0.717) is 12.1 Å². The summed E-state index contributed by atoms with van der Waals surface area (Å²) in [7, 11) is -2.30. The van der Waals surface area contributed by atoms with Crippen molar-refractivity contribution in [2.24, 2.45) is 0 Å². The van der Waals surface area contributed by atoms with Crippen LogP contribution in [0.3, 0.4) is 0 Å². The first-order valence-electron chi connectivity index (χ1n) is 9.52. The highest BCUT2D eigenvalue weighted by Gasteiger charge is 2.32. The number of hydrogen-bond donors (Lipinski definition) is 2. The predicted molar refractivity (Wildman–Crippen MR) is 119 cm³/mol. The molecule has 1 saturated heterocycles. The minimum Gasteiger partial charge on any atom is -0.355 e. The molecular weight excluding hydrogens is 463 g/mol. The lowest BCUT2D eigenvalue weighted by molar-refractivity contribution is 0.0963. The van der Waals surface area contributed by atoms with Gasteiger partial charge in [-0.05, 0) is 29.8 Å². The largest absolute Gasteiger partial charge is 0.355 e. The maximum Gasteiger partial charge on any atom is 0.317 e. The highest BCUT2D eigenvalue weighted by atomic mass is 35.5. The lowest BCUT2D eigenvalue weighted by Gasteiger charge is -2.34. The van der Waals surface area contributed by atoms with Gasteiger partial charge in [-0.25, -0.2) is 13.2 Å². The van der Waals surface area contributed by atoms with Gasteiger partial charge in [0.1, 0.15) is 4.90 Å². The SMILES string of the molecule is CNC(=O)c1ccc(CNC(=O)N2CCN(S(=O)(=O)c3c(Cl)cccc3Cl)CC2)cc1. The first-order chi connectivity index (χ1) is 14.7. The molecule has 3 rings (SSSR count). The molecule has 0 aromatic heterocycles. The number of nitrogens with one attached hydrogen (secondary N) is 2. The Balaban J connectivity index is 1.56. The van der Waals surface area contributed by atoms with Crippen LogP contribution in [0.5, 0.6) is 0 Å². The van der Waals surface area contributed by atoms with Gasteiger partial charge >= 0.3 is 6.03 Å². The molecular formula is C20H22Cl2N4O4S. The zero-order chi connectivity index (χ0) is 22.6. The number of sulfonamides is 1. The number of amides is 3. The Hall–Kier alpha value is -2.33. The number of carbonyl (C=O) groups excluding carboxylic acids is 2. The first kappa shape index (κ1) is 23.3. The van der Waals surface area contributed by atoms with Crippen molar-refractivity contribution in [1.29, 1.82) is 0 Å². The summed E-state index contributed by atoms with van der Waals surface area (Å²) in [6.45, 7) is 1.04. The van der Waals surface area contributed by atoms with Crippen molar-refractivity contribution < 1.29 is 18.0 Å². The molecule has 1 fully saturated rings. The van der Waals surface area contributed by atoms with Gasteiger partial charge in [-0.2, -0.15) is 4.31 Å². The van der Waals surface area contributed by atoms with E-state index in [9.17, 15) is 18.0 Å². The van der Waals surface area contributed by atoms with Crippen LogP contribution in [-0.2, 0) is 16.6 Å². The molecule has 166 valence electrons. The minimum atomic E-state index is -3.86. The number of nitrogens with zero attached hydrogens (tertiary/aromatic N) is 2. The van der Waals surface area contributed by atoms with Crippen LogP contribution in [-0.4, -0.2) is 62.8 Å². The van der Waals surface area contributed by atoms with Gasteiger partial charge in [0.25, 0.3) is 5.91 Å². The second-order valence-electron chi connectivity index (χ2n) is 6.88. The van der Waals surface area contributed by atoms with Crippen LogP contribution in [0, 0.1) is 0 Å². The third-order valence-electron chi connectivity index (χ3n) is 4.93. The maximum atomic E-state index is 12.9.